The van der Waals surface area contributed by atoms with Crippen LogP contribution in [0.1, 0.15) is 33.6 Å². The number of hydrogen-bond acceptors (Lipinski definition) is 7. The van der Waals surface area contributed by atoms with Gasteiger partial charge in [-0.2, -0.15) is 0 Å². The van der Waals surface area contributed by atoms with Crippen molar-refractivity contribution in [3.05, 3.63) is 16.1 Å². The number of Topliss-reactive ketones (excluding diaryl/α,β-unsaturated/α-hetero) is 1. The number of hydrogen-bond donors (Lipinski definition) is 1. The third-order valence-electron chi connectivity index (χ3n) is 2.50. The molecule has 1 aromatic heterocycles. The van der Waals surface area contributed by atoms with Crippen LogP contribution in [0, 0.1) is 0 Å². The lowest BCUT2D eigenvalue weighted by Crippen LogP contribution is -2.34. The molecule has 0 atom stereocenters. The van der Waals surface area contributed by atoms with Crippen LogP contribution in [0.15, 0.2) is 5.38 Å². The average Bonchev–Trinajstić information content (AvgIpc) is 2.93. The van der Waals surface area contributed by atoms with Gasteiger partial charge in [0.25, 0.3) is 0 Å². The Balaban J connectivity index is 2.56. The first-order valence-corrected chi connectivity index (χ1v) is 6.97. The molecule has 0 fully saturated rings. The Kier molecular flexibility index (Phi) is 6.26. The van der Waals surface area contributed by atoms with Crippen LogP contribution < -0.4 is 5.73 Å². The van der Waals surface area contributed by atoms with Crippen LogP contribution >= 0.6 is 11.3 Å². The number of ether oxygens (including phenoxy) is 1. The molecule has 8 heteroatoms. The maximum Gasteiger partial charge on any atom is 0.357 e. The highest BCUT2D eigenvalue weighted by molar-refractivity contribution is 7.11. The molecule has 0 aliphatic rings. The molecule has 0 aliphatic heterocycles. The molecule has 0 unspecified atom stereocenters. The highest BCUT2D eigenvalue weighted by Gasteiger charge is 2.17. The first-order chi connectivity index (χ1) is 9.49. The van der Waals surface area contributed by atoms with Crippen molar-refractivity contribution in [2.45, 2.75) is 13.3 Å². The van der Waals surface area contributed by atoms with Crippen LogP contribution in [-0.2, 0) is 9.53 Å². The number of aromatic nitrogens is 1. The first kappa shape index (κ1) is 16.3. The molecular weight excluding hydrogens is 282 g/mol. The summed E-state index contributed by atoms with van der Waals surface area (Å²) in [6.07, 6.45) is 0.137. The van der Waals surface area contributed by atoms with Crippen molar-refractivity contribution in [3.63, 3.8) is 0 Å². The zero-order chi connectivity index (χ0) is 15.1. The second kappa shape index (κ2) is 7.71. The third kappa shape index (κ3) is 4.39. The molecule has 1 heterocycles. The van der Waals surface area contributed by atoms with E-state index in [1.165, 1.54) is 10.3 Å². The second-order valence-corrected chi connectivity index (χ2v) is 4.81. The molecule has 0 saturated heterocycles. The number of ketones is 1. The lowest BCUT2D eigenvalue weighted by atomic mass is 10.3. The number of esters is 1. The fourth-order valence-corrected chi connectivity index (χ4v) is 2.11. The number of amides is 1. The van der Waals surface area contributed by atoms with Gasteiger partial charge in [-0.15, -0.1) is 11.3 Å². The second-order valence-electron chi connectivity index (χ2n) is 3.95. The van der Waals surface area contributed by atoms with Gasteiger partial charge in [0.15, 0.2) is 16.5 Å². The van der Waals surface area contributed by atoms with Gasteiger partial charge < -0.3 is 15.4 Å². The molecule has 2 N–H and O–H groups in total. The van der Waals surface area contributed by atoms with Crippen LogP contribution in [-0.4, -0.2) is 54.3 Å². The van der Waals surface area contributed by atoms with Crippen molar-refractivity contribution in [1.29, 1.82) is 0 Å². The van der Waals surface area contributed by atoms with E-state index in [1.54, 1.807) is 14.0 Å². The number of nitrogens with zero attached hydrogens (tertiary/aromatic N) is 2. The van der Waals surface area contributed by atoms with E-state index in [0.717, 1.165) is 11.3 Å². The van der Waals surface area contributed by atoms with Crippen molar-refractivity contribution in [2.24, 2.45) is 5.73 Å². The van der Waals surface area contributed by atoms with E-state index in [0.29, 0.717) is 0 Å². The number of rotatable bonds is 7. The fraction of sp³-hybridized carbons (Fsp3) is 0.500. The van der Waals surface area contributed by atoms with Crippen LogP contribution in [0.25, 0.3) is 0 Å². The lowest BCUT2D eigenvalue weighted by Gasteiger charge is -2.14. The fourth-order valence-electron chi connectivity index (χ4n) is 1.36. The largest absolute Gasteiger partial charge is 0.461 e. The minimum Gasteiger partial charge on any atom is -0.461 e. The molecule has 0 radical (unpaired) electrons. The summed E-state index contributed by atoms with van der Waals surface area (Å²) in [5.74, 6) is -0.996. The van der Waals surface area contributed by atoms with Crippen LogP contribution in [0.4, 0.5) is 0 Å². The van der Waals surface area contributed by atoms with Gasteiger partial charge in [-0.25, -0.2) is 9.78 Å². The van der Waals surface area contributed by atoms with Gasteiger partial charge in [0.2, 0.25) is 5.91 Å². The van der Waals surface area contributed by atoms with Crippen molar-refractivity contribution < 1.29 is 19.1 Å². The average molecular weight is 299 g/mol. The summed E-state index contributed by atoms with van der Waals surface area (Å²) in [6.45, 7) is 2.13. The summed E-state index contributed by atoms with van der Waals surface area (Å²) in [6, 6.07) is 0. The number of carbonyl (C=O) groups is 3. The van der Waals surface area contributed by atoms with Crippen LogP contribution in [0.2, 0.25) is 0 Å². The molecule has 7 nitrogen and oxygen atoms in total. The standard InChI is InChI=1S/C12H17N3O4S/c1-3-19-12(18)8-7-20-11(14-8)9(16)4-5-15(2)10(17)6-13/h7H,3-6,13H2,1-2H3. The van der Waals surface area contributed by atoms with E-state index in [2.05, 4.69) is 4.98 Å². The van der Waals surface area contributed by atoms with Gasteiger partial charge in [0.1, 0.15) is 0 Å². The number of thiazole rings is 1. The molecule has 0 spiro atoms. The van der Waals surface area contributed by atoms with E-state index in [4.69, 9.17) is 10.5 Å². The van der Waals surface area contributed by atoms with E-state index >= 15 is 0 Å². The highest BCUT2D eigenvalue weighted by Crippen LogP contribution is 2.13. The molecule has 0 aromatic carbocycles. The first-order valence-electron chi connectivity index (χ1n) is 6.09. The molecule has 0 saturated carbocycles. The molecule has 0 aliphatic carbocycles. The quantitative estimate of drug-likeness (QED) is 0.574. The highest BCUT2D eigenvalue weighted by atomic mass is 32.1. The van der Waals surface area contributed by atoms with Crippen molar-refractivity contribution >= 4 is 29.0 Å². The predicted octanol–water partition coefficient (Wildman–Crippen LogP) is 0.310. The zero-order valence-corrected chi connectivity index (χ0v) is 12.2. The number of carbonyl (C=O) groups excluding carboxylic acids is 3. The maximum absolute atomic E-state index is 11.9. The number of likely N-dealkylation sites (N-methyl/N-ethyl adjacent to an activating group) is 1. The molecule has 20 heavy (non-hydrogen) atoms. The molecule has 1 aromatic rings. The van der Waals surface area contributed by atoms with Gasteiger partial charge in [-0.05, 0) is 6.92 Å². The topological polar surface area (TPSA) is 103 Å². The summed E-state index contributed by atoms with van der Waals surface area (Å²) in [5.41, 5.74) is 5.35. The third-order valence-corrected chi connectivity index (χ3v) is 3.39. The van der Waals surface area contributed by atoms with Gasteiger partial charge in [-0.3, -0.25) is 9.59 Å². The molecule has 110 valence electrons. The number of nitrogens with two attached hydrogens (primary N) is 1. The van der Waals surface area contributed by atoms with Crippen molar-refractivity contribution in [2.75, 3.05) is 26.7 Å². The van der Waals surface area contributed by atoms with Gasteiger partial charge in [0.05, 0.1) is 13.2 Å². The summed E-state index contributed by atoms with van der Waals surface area (Å²) in [4.78, 5) is 39.9. The Labute approximate surface area is 120 Å². The van der Waals surface area contributed by atoms with E-state index in [9.17, 15) is 14.4 Å². The van der Waals surface area contributed by atoms with Gasteiger partial charge in [0, 0.05) is 25.4 Å². The van der Waals surface area contributed by atoms with Gasteiger partial charge >= 0.3 is 5.97 Å². The summed E-state index contributed by atoms with van der Waals surface area (Å²) >= 11 is 1.09. The smallest absolute Gasteiger partial charge is 0.357 e. The maximum atomic E-state index is 11.9. The zero-order valence-electron chi connectivity index (χ0n) is 11.4. The summed E-state index contributed by atoms with van der Waals surface area (Å²) in [5, 5.41) is 1.72. The van der Waals surface area contributed by atoms with Crippen molar-refractivity contribution in [3.8, 4) is 0 Å². The monoisotopic (exact) mass is 299 g/mol. The summed E-state index contributed by atoms with van der Waals surface area (Å²) in [7, 11) is 1.58. The lowest BCUT2D eigenvalue weighted by molar-refractivity contribution is -0.128. The van der Waals surface area contributed by atoms with E-state index < -0.39 is 5.97 Å². The summed E-state index contributed by atoms with van der Waals surface area (Å²) < 4.78 is 4.79. The Hall–Kier alpha value is -1.80. The van der Waals surface area contributed by atoms with Crippen molar-refractivity contribution in [1.82, 2.24) is 9.88 Å². The van der Waals surface area contributed by atoms with E-state index in [-0.39, 0.29) is 48.5 Å². The molecule has 1 rings (SSSR count). The van der Waals surface area contributed by atoms with Gasteiger partial charge in [-0.1, -0.05) is 0 Å². The Morgan fingerprint density at radius 2 is 2.15 bits per heavy atom. The minimum absolute atomic E-state index is 0.0883. The normalized spacial score (nSPS) is 10.2. The predicted molar refractivity (Wildman–Crippen MR) is 73.7 cm³/mol. The Bertz CT molecular complexity index is 501. The minimum atomic E-state index is -0.543. The molecule has 0 bridgehead atoms. The molecule has 1 amide bonds. The van der Waals surface area contributed by atoms with Crippen LogP contribution in [0.3, 0.4) is 0 Å². The Morgan fingerprint density at radius 1 is 1.45 bits per heavy atom. The van der Waals surface area contributed by atoms with Crippen LogP contribution in [0.5, 0.6) is 0 Å². The molecular formula is C12H17N3O4S. The Morgan fingerprint density at radius 3 is 2.75 bits per heavy atom. The SMILES string of the molecule is CCOC(=O)c1csc(C(=O)CCN(C)C(=O)CN)n1. The van der Waals surface area contributed by atoms with E-state index in [1.807, 2.05) is 0 Å².